The zero-order chi connectivity index (χ0) is 16.9. The molecule has 0 radical (unpaired) electrons. The molecule has 24 heavy (non-hydrogen) atoms. The van der Waals surface area contributed by atoms with Crippen molar-refractivity contribution < 1.29 is 13.2 Å². The summed E-state index contributed by atoms with van der Waals surface area (Å²) in [5, 5.41) is 2.67. The molecule has 1 aromatic carbocycles. The van der Waals surface area contributed by atoms with Gasteiger partial charge in [0.05, 0.1) is 0 Å². The predicted molar refractivity (Wildman–Crippen MR) is 98.2 cm³/mol. The Balaban J connectivity index is 0.00000288. The van der Waals surface area contributed by atoms with E-state index in [-0.39, 0.29) is 35.6 Å². The molecule has 6 nitrogen and oxygen atoms in total. The second-order valence-corrected chi connectivity index (χ2v) is 8.20. The number of benzene rings is 1. The van der Waals surface area contributed by atoms with E-state index in [0.717, 1.165) is 10.4 Å². The summed E-state index contributed by atoms with van der Waals surface area (Å²) in [4.78, 5) is 12.9. The lowest BCUT2D eigenvalue weighted by Gasteiger charge is -2.07. The van der Waals surface area contributed by atoms with Crippen LogP contribution in [-0.2, 0) is 16.6 Å². The van der Waals surface area contributed by atoms with E-state index in [0.29, 0.717) is 12.1 Å². The summed E-state index contributed by atoms with van der Waals surface area (Å²) in [6, 6.07) is 10.3. The van der Waals surface area contributed by atoms with Gasteiger partial charge < -0.3 is 11.1 Å². The Morgan fingerprint density at radius 3 is 2.33 bits per heavy atom. The third-order valence-electron chi connectivity index (χ3n) is 3.14. The van der Waals surface area contributed by atoms with Crippen molar-refractivity contribution in [2.45, 2.75) is 17.7 Å². The number of aryl methyl sites for hydroxylation is 1. The van der Waals surface area contributed by atoms with Crippen molar-refractivity contribution in [3.63, 3.8) is 0 Å². The second-order valence-electron chi connectivity index (χ2n) is 4.92. The van der Waals surface area contributed by atoms with Crippen molar-refractivity contribution in [3.8, 4) is 0 Å². The lowest BCUT2D eigenvalue weighted by atomic mass is 10.1. The number of rotatable bonds is 7. The summed E-state index contributed by atoms with van der Waals surface area (Å²) in [6.07, 6.45) is 0. The van der Waals surface area contributed by atoms with Crippen LogP contribution in [0, 0.1) is 6.92 Å². The molecule has 1 amide bonds. The van der Waals surface area contributed by atoms with Crippen LogP contribution in [0.2, 0.25) is 0 Å². The van der Waals surface area contributed by atoms with Gasteiger partial charge in [-0.2, -0.15) is 0 Å². The smallest absolute Gasteiger partial charge is 0.251 e. The van der Waals surface area contributed by atoms with Crippen LogP contribution >= 0.6 is 23.7 Å². The highest BCUT2D eigenvalue weighted by molar-refractivity contribution is 7.91. The van der Waals surface area contributed by atoms with Gasteiger partial charge in [0.2, 0.25) is 10.0 Å². The van der Waals surface area contributed by atoms with Crippen molar-refractivity contribution in [1.82, 2.24) is 10.0 Å². The highest BCUT2D eigenvalue weighted by Crippen LogP contribution is 2.19. The molecule has 0 aliphatic carbocycles. The van der Waals surface area contributed by atoms with Crippen LogP contribution in [0.15, 0.2) is 40.6 Å². The molecule has 4 N–H and O–H groups in total. The third-order valence-corrected chi connectivity index (χ3v) is 6.09. The first-order valence-corrected chi connectivity index (χ1v) is 9.35. The van der Waals surface area contributed by atoms with Crippen LogP contribution in [0.1, 0.15) is 20.8 Å². The minimum Gasteiger partial charge on any atom is -0.351 e. The number of carbonyl (C=O) groups is 1. The average molecular weight is 390 g/mol. The van der Waals surface area contributed by atoms with E-state index in [2.05, 4.69) is 10.0 Å². The number of nitrogens with two attached hydrogens (primary N) is 1. The molecule has 1 aromatic heterocycles. The molecule has 2 rings (SSSR count). The Morgan fingerprint density at radius 1 is 1.12 bits per heavy atom. The van der Waals surface area contributed by atoms with Crippen molar-refractivity contribution in [2.75, 3.05) is 13.1 Å². The van der Waals surface area contributed by atoms with E-state index in [1.54, 1.807) is 36.4 Å². The maximum atomic E-state index is 12.0. The highest BCUT2D eigenvalue weighted by atomic mass is 35.5. The van der Waals surface area contributed by atoms with Gasteiger partial charge in [0.25, 0.3) is 5.91 Å². The monoisotopic (exact) mass is 389 g/mol. The molecule has 0 saturated carbocycles. The molecule has 2 aromatic rings. The molecule has 1 heterocycles. The van der Waals surface area contributed by atoms with Gasteiger partial charge in [-0.1, -0.05) is 12.1 Å². The Labute approximate surface area is 151 Å². The lowest BCUT2D eigenvalue weighted by Crippen LogP contribution is -2.34. The van der Waals surface area contributed by atoms with Crippen molar-refractivity contribution in [1.29, 1.82) is 0 Å². The van der Waals surface area contributed by atoms with E-state index < -0.39 is 10.0 Å². The molecular weight excluding hydrogens is 370 g/mol. The Bertz CT molecular complexity index is 774. The minimum atomic E-state index is -3.51. The summed E-state index contributed by atoms with van der Waals surface area (Å²) >= 11 is 1.21. The first kappa shape index (κ1) is 20.6. The first-order valence-electron chi connectivity index (χ1n) is 7.05. The van der Waals surface area contributed by atoms with Gasteiger partial charge in [0.15, 0.2) is 0 Å². The van der Waals surface area contributed by atoms with Crippen LogP contribution in [0.5, 0.6) is 0 Å². The molecule has 132 valence electrons. The van der Waals surface area contributed by atoms with Crippen LogP contribution in [0.4, 0.5) is 0 Å². The molecule has 0 aliphatic rings. The molecule has 9 heteroatoms. The van der Waals surface area contributed by atoms with Crippen molar-refractivity contribution >= 4 is 39.7 Å². The van der Waals surface area contributed by atoms with E-state index in [1.807, 2.05) is 6.92 Å². The number of sulfonamides is 1. The van der Waals surface area contributed by atoms with Gasteiger partial charge in [-0.05, 0) is 36.8 Å². The number of hydrogen-bond acceptors (Lipinski definition) is 5. The summed E-state index contributed by atoms with van der Waals surface area (Å²) in [7, 11) is -3.51. The standard InChI is InChI=1S/C15H19N3O3S2.ClH/c1-11-2-7-14(22-11)23(20,21)18-9-8-17-15(19)13-5-3-12(10-16)4-6-13;/h2-7,18H,8-10,16H2,1H3,(H,17,19);1H. The average Bonchev–Trinajstić information content (AvgIpc) is 2.99. The fourth-order valence-electron chi connectivity index (χ4n) is 1.88. The van der Waals surface area contributed by atoms with Crippen molar-refractivity contribution in [2.24, 2.45) is 5.73 Å². The fourth-order valence-corrected chi connectivity index (χ4v) is 4.24. The second kappa shape index (κ2) is 9.14. The number of carbonyl (C=O) groups excluding carboxylic acids is 1. The van der Waals surface area contributed by atoms with Crippen LogP contribution in [-0.4, -0.2) is 27.4 Å². The predicted octanol–water partition coefficient (Wildman–Crippen LogP) is 1.65. The molecule has 0 atom stereocenters. The lowest BCUT2D eigenvalue weighted by molar-refractivity contribution is 0.0954. The number of hydrogen-bond donors (Lipinski definition) is 3. The van der Waals surface area contributed by atoms with E-state index in [4.69, 9.17) is 5.73 Å². The molecule has 0 saturated heterocycles. The van der Waals surface area contributed by atoms with Crippen molar-refractivity contribution in [3.05, 3.63) is 52.4 Å². The number of nitrogens with one attached hydrogen (secondary N) is 2. The first-order chi connectivity index (χ1) is 10.9. The summed E-state index contributed by atoms with van der Waals surface area (Å²) < 4.78 is 26.8. The van der Waals surface area contributed by atoms with Gasteiger partial charge in [-0.15, -0.1) is 23.7 Å². The quantitative estimate of drug-likeness (QED) is 0.626. The highest BCUT2D eigenvalue weighted by Gasteiger charge is 2.15. The zero-order valence-corrected chi connectivity index (χ0v) is 15.6. The maximum absolute atomic E-state index is 12.0. The van der Waals surface area contributed by atoms with E-state index >= 15 is 0 Å². The van der Waals surface area contributed by atoms with Crippen LogP contribution in [0.3, 0.4) is 0 Å². The molecule has 0 aliphatic heterocycles. The van der Waals surface area contributed by atoms with Gasteiger partial charge in [0.1, 0.15) is 4.21 Å². The van der Waals surface area contributed by atoms with E-state index in [1.165, 1.54) is 11.3 Å². The fraction of sp³-hybridized carbons (Fsp3) is 0.267. The number of amides is 1. The summed E-state index contributed by atoms with van der Waals surface area (Å²) in [5.41, 5.74) is 6.96. The van der Waals surface area contributed by atoms with Crippen LogP contribution < -0.4 is 15.8 Å². The molecule has 0 spiro atoms. The van der Waals surface area contributed by atoms with Gasteiger partial charge in [-0.25, -0.2) is 13.1 Å². The Hall–Kier alpha value is -1.45. The molecule has 0 fully saturated rings. The molecule has 0 bridgehead atoms. The summed E-state index contributed by atoms with van der Waals surface area (Å²) in [6.45, 7) is 2.61. The largest absolute Gasteiger partial charge is 0.351 e. The summed E-state index contributed by atoms with van der Waals surface area (Å²) in [5.74, 6) is -0.250. The minimum absolute atomic E-state index is 0. The third kappa shape index (κ3) is 5.57. The SMILES string of the molecule is Cc1ccc(S(=O)(=O)NCCNC(=O)c2ccc(CN)cc2)s1.Cl. The van der Waals surface area contributed by atoms with Gasteiger partial charge in [0, 0.05) is 30.1 Å². The zero-order valence-electron chi connectivity index (χ0n) is 13.1. The number of halogens is 1. The maximum Gasteiger partial charge on any atom is 0.251 e. The van der Waals surface area contributed by atoms with Gasteiger partial charge in [-0.3, -0.25) is 4.79 Å². The Kier molecular flexibility index (Phi) is 7.85. The van der Waals surface area contributed by atoms with Crippen LogP contribution in [0.25, 0.3) is 0 Å². The topological polar surface area (TPSA) is 101 Å². The van der Waals surface area contributed by atoms with Gasteiger partial charge >= 0.3 is 0 Å². The molecule has 0 unspecified atom stereocenters. The Morgan fingerprint density at radius 2 is 1.79 bits per heavy atom. The van der Waals surface area contributed by atoms with E-state index in [9.17, 15) is 13.2 Å². The normalized spacial score (nSPS) is 10.9. The molecular formula is C15H20ClN3O3S2. The number of thiophene rings is 1.